The van der Waals surface area contributed by atoms with Gasteiger partial charge in [-0.1, -0.05) is 0 Å². The van der Waals surface area contributed by atoms with Crippen molar-refractivity contribution in [1.82, 2.24) is 4.98 Å². The summed E-state index contributed by atoms with van der Waals surface area (Å²) in [6.07, 6.45) is -4.94. The molecule has 17 heavy (non-hydrogen) atoms. The van der Waals surface area contributed by atoms with Crippen LogP contribution in [0.25, 0.3) is 0 Å². The Morgan fingerprint density at radius 3 is 2.35 bits per heavy atom. The first kappa shape index (κ1) is 12.9. The summed E-state index contributed by atoms with van der Waals surface area (Å²) in [4.78, 5) is 3.58. The minimum Gasteiger partial charge on any atom is -0.481 e. The summed E-state index contributed by atoms with van der Waals surface area (Å²) in [5, 5.41) is 8.72. The van der Waals surface area contributed by atoms with Crippen LogP contribution in [0.15, 0.2) is 6.07 Å². The van der Waals surface area contributed by atoms with Crippen LogP contribution in [0, 0.1) is 11.3 Å². The van der Waals surface area contributed by atoms with Crippen molar-refractivity contribution in [1.29, 1.82) is 5.26 Å². The number of ether oxygens (including phenoxy) is 3. The molecule has 0 bridgehead atoms. The molecule has 0 aliphatic rings. The number of aromatic nitrogens is 1. The van der Waals surface area contributed by atoms with Gasteiger partial charge in [0.1, 0.15) is 11.6 Å². The third-order valence-electron chi connectivity index (χ3n) is 1.66. The van der Waals surface area contributed by atoms with Crippen molar-refractivity contribution in [3.8, 4) is 23.6 Å². The Bertz CT molecular complexity index is 454. The highest BCUT2D eigenvalue weighted by atomic mass is 19.4. The molecule has 0 saturated carbocycles. The van der Waals surface area contributed by atoms with Crippen molar-refractivity contribution in [2.24, 2.45) is 0 Å². The van der Waals surface area contributed by atoms with Gasteiger partial charge in [0.15, 0.2) is 0 Å². The van der Waals surface area contributed by atoms with Gasteiger partial charge in [0.2, 0.25) is 11.6 Å². The molecule has 0 unspecified atom stereocenters. The van der Waals surface area contributed by atoms with E-state index >= 15 is 0 Å². The van der Waals surface area contributed by atoms with Crippen LogP contribution in [0.4, 0.5) is 13.2 Å². The van der Waals surface area contributed by atoms with Crippen molar-refractivity contribution in [3.63, 3.8) is 0 Å². The van der Waals surface area contributed by atoms with E-state index in [9.17, 15) is 13.2 Å². The average molecular weight is 248 g/mol. The van der Waals surface area contributed by atoms with Gasteiger partial charge in [-0.05, 0) is 0 Å². The summed E-state index contributed by atoms with van der Waals surface area (Å²) in [7, 11) is 2.36. The van der Waals surface area contributed by atoms with Crippen molar-refractivity contribution in [3.05, 3.63) is 11.6 Å². The molecule has 1 rings (SSSR count). The predicted octanol–water partition coefficient (Wildman–Crippen LogP) is 1.87. The van der Waals surface area contributed by atoms with E-state index in [-0.39, 0.29) is 11.4 Å². The first-order valence-corrected chi connectivity index (χ1v) is 4.20. The zero-order valence-electron chi connectivity index (χ0n) is 8.83. The van der Waals surface area contributed by atoms with Gasteiger partial charge >= 0.3 is 6.36 Å². The van der Waals surface area contributed by atoms with Crippen LogP contribution in [0.3, 0.4) is 0 Å². The summed E-state index contributed by atoms with van der Waals surface area (Å²) in [6, 6.07) is 2.56. The highest BCUT2D eigenvalue weighted by molar-refractivity contribution is 5.51. The zero-order valence-corrected chi connectivity index (χ0v) is 8.83. The molecule has 0 aliphatic heterocycles. The van der Waals surface area contributed by atoms with Gasteiger partial charge in [-0.25, -0.2) is 0 Å². The van der Waals surface area contributed by atoms with Gasteiger partial charge in [0, 0.05) is 6.07 Å². The fourth-order valence-electron chi connectivity index (χ4n) is 1.03. The van der Waals surface area contributed by atoms with E-state index in [1.54, 1.807) is 6.07 Å². The normalized spacial score (nSPS) is 10.6. The molecule has 0 atom stereocenters. The van der Waals surface area contributed by atoms with Crippen LogP contribution in [-0.2, 0) is 0 Å². The number of methoxy groups -OCH3 is 2. The quantitative estimate of drug-likeness (QED) is 0.816. The molecule has 0 saturated heterocycles. The summed E-state index contributed by atoms with van der Waals surface area (Å²) >= 11 is 0. The maximum atomic E-state index is 12.1. The Hall–Kier alpha value is -2.17. The van der Waals surface area contributed by atoms with E-state index in [1.807, 2.05) is 0 Å². The molecule has 0 spiro atoms. The lowest BCUT2D eigenvalue weighted by Crippen LogP contribution is -2.18. The first-order valence-electron chi connectivity index (χ1n) is 4.20. The molecule has 0 aromatic carbocycles. The number of nitrogens with zero attached hydrogens (tertiary/aromatic N) is 2. The van der Waals surface area contributed by atoms with Crippen LogP contribution < -0.4 is 14.2 Å². The largest absolute Gasteiger partial charge is 0.573 e. The van der Waals surface area contributed by atoms with Crippen molar-refractivity contribution in [2.75, 3.05) is 14.2 Å². The number of alkyl halides is 3. The van der Waals surface area contributed by atoms with Gasteiger partial charge in [-0.3, -0.25) is 0 Å². The van der Waals surface area contributed by atoms with Gasteiger partial charge in [0.05, 0.1) is 14.2 Å². The fraction of sp³-hybridized carbons (Fsp3) is 0.333. The topological polar surface area (TPSA) is 64.4 Å². The van der Waals surface area contributed by atoms with E-state index in [0.29, 0.717) is 0 Å². The molecule has 1 aromatic heterocycles. The number of halogens is 3. The third kappa shape index (κ3) is 3.14. The highest BCUT2D eigenvalue weighted by Gasteiger charge is 2.34. The summed E-state index contributed by atoms with van der Waals surface area (Å²) in [5.41, 5.74) is -0.383. The molecule has 0 fully saturated rings. The minimum absolute atomic E-state index is 0.0482. The lowest BCUT2D eigenvalue weighted by molar-refractivity contribution is -0.275. The molecular weight excluding hydrogens is 241 g/mol. The van der Waals surface area contributed by atoms with Crippen molar-refractivity contribution in [2.45, 2.75) is 6.36 Å². The molecule has 0 aliphatic carbocycles. The molecule has 0 amide bonds. The Balaban J connectivity index is 3.31. The summed E-state index contributed by atoms with van der Waals surface area (Å²) in [6.45, 7) is 0. The van der Waals surface area contributed by atoms with Gasteiger partial charge in [-0.2, -0.15) is 10.2 Å². The number of hydrogen-bond donors (Lipinski definition) is 0. The molecule has 0 radical (unpaired) electrons. The lowest BCUT2D eigenvalue weighted by atomic mass is 10.2. The number of nitriles is 1. The van der Waals surface area contributed by atoms with Crippen LogP contribution >= 0.6 is 0 Å². The molecule has 8 heteroatoms. The summed E-state index contributed by atoms with van der Waals surface area (Å²) in [5.74, 6) is -1.31. The average Bonchev–Trinajstić information content (AvgIpc) is 2.27. The van der Waals surface area contributed by atoms with Gasteiger partial charge in [0.25, 0.3) is 5.88 Å². The van der Waals surface area contributed by atoms with E-state index in [0.717, 1.165) is 13.2 Å². The van der Waals surface area contributed by atoms with E-state index in [2.05, 4.69) is 14.5 Å². The second-order valence-corrected chi connectivity index (χ2v) is 2.71. The number of rotatable bonds is 3. The Kier molecular flexibility index (Phi) is 3.62. The Morgan fingerprint density at radius 1 is 1.29 bits per heavy atom. The maximum Gasteiger partial charge on any atom is 0.573 e. The SMILES string of the molecule is COc1cc(C#N)c(OC(F)(F)F)c(OC)n1. The molecule has 1 heterocycles. The minimum atomic E-state index is -4.94. The monoisotopic (exact) mass is 248 g/mol. The van der Waals surface area contributed by atoms with Gasteiger partial charge in [-0.15, -0.1) is 13.2 Å². The van der Waals surface area contributed by atoms with Gasteiger partial charge < -0.3 is 14.2 Å². The Labute approximate surface area is 94.3 Å². The number of hydrogen-bond acceptors (Lipinski definition) is 5. The van der Waals surface area contributed by atoms with Crippen LogP contribution in [-0.4, -0.2) is 25.6 Å². The first-order chi connectivity index (χ1) is 7.91. The number of pyridine rings is 1. The summed E-state index contributed by atoms with van der Waals surface area (Å²) < 4.78 is 49.3. The zero-order chi connectivity index (χ0) is 13.1. The second-order valence-electron chi connectivity index (χ2n) is 2.71. The lowest BCUT2D eigenvalue weighted by Gasteiger charge is -2.13. The van der Waals surface area contributed by atoms with Crippen LogP contribution in [0.2, 0.25) is 0 Å². The molecular formula is C9H7F3N2O3. The molecule has 0 N–H and O–H groups in total. The second kappa shape index (κ2) is 4.78. The maximum absolute atomic E-state index is 12.1. The molecule has 92 valence electrons. The fourth-order valence-corrected chi connectivity index (χ4v) is 1.03. The van der Waals surface area contributed by atoms with Crippen molar-refractivity contribution < 1.29 is 27.4 Å². The van der Waals surface area contributed by atoms with E-state index in [4.69, 9.17) is 10.00 Å². The van der Waals surface area contributed by atoms with Crippen LogP contribution in [0.1, 0.15) is 5.56 Å². The standard InChI is InChI=1S/C9H7F3N2O3/c1-15-6-3-5(4-13)7(8(14-6)16-2)17-9(10,11)12/h3H,1-2H3. The highest BCUT2D eigenvalue weighted by Crippen LogP contribution is 2.35. The molecule has 1 aromatic rings. The van der Waals surface area contributed by atoms with E-state index in [1.165, 1.54) is 7.11 Å². The van der Waals surface area contributed by atoms with Crippen LogP contribution in [0.5, 0.6) is 17.5 Å². The van der Waals surface area contributed by atoms with E-state index < -0.39 is 18.0 Å². The third-order valence-corrected chi connectivity index (χ3v) is 1.66. The predicted molar refractivity (Wildman–Crippen MR) is 48.7 cm³/mol. The molecule has 5 nitrogen and oxygen atoms in total. The van der Waals surface area contributed by atoms with Crippen molar-refractivity contribution >= 4 is 0 Å². The smallest absolute Gasteiger partial charge is 0.481 e. The Morgan fingerprint density at radius 2 is 1.94 bits per heavy atom.